The summed E-state index contributed by atoms with van der Waals surface area (Å²) in [4.78, 5) is 13.4. The smallest absolute Gasteiger partial charge is 0.225 e. The van der Waals surface area contributed by atoms with Gasteiger partial charge in [0.15, 0.2) is 0 Å². The number of hydrogen-bond donors (Lipinski definition) is 2. The molecule has 6 nitrogen and oxygen atoms in total. The number of anilines is 1. The lowest BCUT2D eigenvalue weighted by molar-refractivity contribution is 0.188. The molecule has 0 bridgehead atoms. The van der Waals surface area contributed by atoms with Crippen LogP contribution in [-0.4, -0.2) is 65.3 Å². The van der Waals surface area contributed by atoms with E-state index in [9.17, 15) is 0 Å². The van der Waals surface area contributed by atoms with E-state index in [1.165, 1.54) is 12.8 Å². The van der Waals surface area contributed by atoms with Crippen LogP contribution in [0, 0.1) is 0 Å². The molecular formula is C14H23N5O. The second-order valence-electron chi connectivity index (χ2n) is 5.60. The van der Waals surface area contributed by atoms with Crippen molar-refractivity contribution in [2.45, 2.75) is 25.4 Å². The molecule has 0 spiro atoms. The second-order valence-corrected chi connectivity index (χ2v) is 5.60. The summed E-state index contributed by atoms with van der Waals surface area (Å²) in [5, 5.41) is 12.4. The normalized spacial score (nSPS) is 20.4. The molecule has 0 aromatic carbocycles. The minimum Gasteiger partial charge on any atom is -0.395 e. The lowest BCUT2D eigenvalue weighted by Gasteiger charge is -2.34. The van der Waals surface area contributed by atoms with Crippen LogP contribution >= 0.6 is 0 Å². The van der Waals surface area contributed by atoms with Gasteiger partial charge in [0.25, 0.3) is 0 Å². The Kier molecular flexibility index (Phi) is 4.44. The van der Waals surface area contributed by atoms with Crippen LogP contribution in [0.2, 0.25) is 0 Å². The van der Waals surface area contributed by atoms with E-state index in [1.807, 2.05) is 12.4 Å². The highest BCUT2D eigenvalue weighted by atomic mass is 16.3. The molecule has 0 amide bonds. The van der Waals surface area contributed by atoms with E-state index in [-0.39, 0.29) is 6.61 Å². The van der Waals surface area contributed by atoms with E-state index in [0.29, 0.717) is 6.04 Å². The Balaban J connectivity index is 1.49. The molecule has 110 valence electrons. The van der Waals surface area contributed by atoms with Crippen molar-refractivity contribution in [2.24, 2.45) is 0 Å². The SMILES string of the molecule is OCCN1CCN(c2ncc(CNC3CC3)cn2)CC1. The van der Waals surface area contributed by atoms with Gasteiger partial charge < -0.3 is 15.3 Å². The molecule has 6 heteroatoms. The van der Waals surface area contributed by atoms with Crippen LogP contribution in [0.3, 0.4) is 0 Å². The van der Waals surface area contributed by atoms with Gasteiger partial charge in [-0.05, 0) is 12.8 Å². The molecule has 0 unspecified atom stereocenters. The zero-order chi connectivity index (χ0) is 13.8. The van der Waals surface area contributed by atoms with Crippen molar-refractivity contribution in [1.82, 2.24) is 20.2 Å². The maximum Gasteiger partial charge on any atom is 0.225 e. The van der Waals surface area contributed by atoms with Crippen molar-refractivity contribution in [3.8, 4) is 0 Å². The highest BCUT2D eigenvalue weighted by Gasteiger charge is 2.20. The Labute approximate surface area is 119 Å². The van der Waals surface area contributed by atoms with Gasteiger partial charge in [-0.25, -0.2) is 9.97 Å². The number of aliphatic hydroxyl groups excluding tert-OH is 1. The molecule has 1 saturated carbocycles. The van der Waals surface area contributed by atoms with Gasteiger partial charge in [-0.3, -0.25) is 4.90 Å². The Hall–Kier alpha value is -1.24. The van der Waals surface area contributed by atoms with Crippen LogP contribution in [0.25, 0.3) is 0 Å². The molecule has 0 radical (unpaired) electrons. The minimum atomic E-state index is 0.235. The minimum absolute atomic E-state index is 0.235. The number of rotatable bonds is 6. The maximum atomic E-state index is 8.94. The summed E-state index contributed by atoms with van der Waals surface area (Å²) in [6.07, 6.45) is 6.46. The van der Waals surface area contributed by atoms with E-state index in [0.717, 1.165) is 50.8 Å². The predicted octanol–water partition coefficient (Wildman–Crippen LogP) is -0.157. The summed E-state index contributed by atoms with van der Waals surface area (Å²) >= 11 is 0. The third-order valence-corrected chi connectivity index (χ3v) is 3.94. The van der Waals surface area contributed by atoms with Crippen molar-refractivity contribution >= 4 is 5.95 Å². The van der Waals surface area contributed by atoms with E-state index in [1.54, 1.807) is 0 Å². The Morgan fingerprint density at radius 2 is 1.85 bits per heavy atom. The third kappa shape index (κ3) is 3.65. The first-order valence-electron chi connectivity index (χ1n) is 7.47. The number of aliphatic hydroxyl groups is 1. The lowest BCUT2D eigenvalue weighted by Crippen LogP contribution is -2.47. The summed E-state index contributed by atoms with van der Waals surface area (Å²) in [7, 11) is 0. The van der Waals surface area contributed by atoms with Crippen molar-refractivity contribution in [2.75, 3.05) is 44.2 Å². The van der Waals surface area contributed by atoms with Gasteiger partial charge >= 0.3 is 0 Å². The van der Waals surface area contributed by atoms with Crippen LogP contribution < -0.4 is 10.2 Å². The number of β-amino-alcohol motifs (C(OH)–C–C–N with tert-alkyl or cyclic N) is 1. The van der Waals surface area contributed by atoms with Gasteiger partial charge in [0, 0.05) is 63.3 Å². The molecule has 2 aliphatic rings. The zero-order valence-corrected chi connectivity index (χ0v) is 11.8. The van der Waals surface area contributed by atoms with Crippen molar-refractivity contribution in [3.05, 3.63) is 18.0 Å². The Morgan fingerprint density at radius 3 is 2.45 bits per heavy atom. The van der Waals surface area contributed by atoms with Crippen molar-refractivity contribution in [3.63, 3.8) is 0 Å². The maximum absolute atomic E-state index is 8.94. The molecule has 2 N–H and O–H groups in total. The van der Waals surface area contributed by atoms with Crippen LogP contribution in [0.5, 0.6) is 0 Å². The molecule has 1 aliphatic carbocycles. The van der Waals surface area contributed by atoms with Gasteiger partial charge in [0.1, 0.15) is 0 Å². The zero-order valence-electron chi connectivity index (χ0n) is 11.8. The van der Waals surface area contributed by atoms with Crippen molar-refractivity contribution < 1.29 is 5.11 Å². The second kappa shape index (κ2) is 6.47. The van der Waals surface area contributed by atoms with Gasteiger partial charge in [-0.1, -0.05) is 0 Å². The number of hydrogen-bond acceptors (Lipinski definition) is 6. The topological polar surface area (TPSA) is 64.5 Å². The molecule has 1 aromatic heterocycles. The van der Waals surface area contributed by atoms with Crippen LogP contribution in [0.15, 0.2) is 12.4 Å². The van der Waals surface area contributed by atoms with Gasteiger partial charge in [0.05, 0.1) is 6.61 Å². The summed E-state index contributed by atoms with van der Waals surface area (Å²) in [5.74, 6) is 0.823. The average molecular weight is 277 g/mol. The summed E-state index contributed by atoms with van der Waals surface area (Å²) in [6, 6.07) is 0.717. The molecule has 0 atom stereocenters. The third-order valence-electron chi connectivity index (χ3n) is 3.94. The number of piperazine rings is 1. The average Bonchev–Trinajstić information content (AvgIpc) is 3.31. The number of nitrogens with one attached hydrogen (secondary N) is 1. The molecule has 2 heterocycles. The monoisotopic (exact) mass is 277 g/mol. The fourth-order valence-corrected chi connectivity index (χ4v) is 2.47. The molecule has 2 fully saturated rings. The van der Waals surface area contributed by atoms with E-state index in [2.05, 4.69) is 25.1 Å². The quantitative estimate of drug-likeness (QED) is 0.753. The Morgan fingerprint density at radius 1 is 1.15 bits per heavy atom. The Bertz CT molecular complexity index is 412. The van der Waals surface area contributed by atoms with Crippen LogP contribution in [0.4, 0.5) is 5.95 Å². The molecular weight excluding hydrogens is 254 g/mol. The number of aromatic nitrogens is 2. The molecule has 20 heavy (non-hydrogen) atoms. The summed E-state index contributed by atoms with van der Waals surface area (Å²) in [6.45, 7) is 5.66. The molecule has 1 saturated heterocycles. The van der Waals surface area contributed by atoms with Crippen LogP contribution in [-0.2, 0) is 6.54 Å². The molecule has 3 rings (SSSR count). The van der Waals surface area contributed by atoms with E-state index in [4.69, 9.17) is 5.11 Å². The largest absolute Gasteiger partial charge is 0.395 e. The molecule has 1 aliphatic heterocycles. The van der Waals surface area contributed by atoms with E-state index >= 15 is 0 Å². The summed E-state index contributed by atoms with van der Waals surface area (Å²) in [5.41, 5.74) is 1.15. The highest BCUT2D eigenvalue weighted by molar-refractivity contribution is 5.30. The highest BCUT2D eigenvalue weighted by Crippen LogP contribution is 2.19. The fourth-order valence-electron chi connectivity index (χ4n) is 2.47. The first-order chi connectivity index (χ1) is 9.85. The van der Waals surface area contributed by atoms with Gasteiger partial charge in [-0.2, -0.15) is 0 Å². The number of nitrogens with zero attached hydrogens (tertiary/aromatic N) is 4. The first-order valence-corrected chi connectivity index (χ1v) is 7.47. The first kappa shape index (κ1) is 13.7. The summed E-state index contributed by atoms with van der Waals surface area (Å²) < 4.78 is 0. The van der Waals surface area contributed by atoms with Crippen LogP contribution in [0.1, 0.15) is 18.4 Å². The predicted molar refractivity (Wildman–Crippen MR) is 77.6 cm³/mol. The lowest BCUT2D eigenvalue weighted by atomic mass is 10.3. The van der Waals surface area contributed by atoms with Gasteiger partial charge in [-0.15, -0.1) is 0 Å². The fraction of sp³-hybridized carbons (Fsp3) is 0.714. The molecule has 1 aromatic rings. The van der Waals surface area contributed by atoms with E-state index < -0.39 is 0 Å². The van der Waals surface area contributed by atoms with Gasteiger partial charge in [0.2, 0.25) is 5.95 Å². The van der Waals surface area contributed by atoms with Crippen molar-refractivity contribution in [1.29, 1.82) is 0 Å². The standard InChI is InChI=1S/C14H23N5O/c20-8-7-18-3-5-19(6-4-18)14-16-10-12(11-17-14)9-15-13-1-2-13/h10-11,13,15,20H,1-9H2.